The van der Waals surface area contributed by atoms with Crippen LogP contribution in [0.2, 0.25) is 0 Å². The zero-order chi connectivity index (χ0) is 18.8. The molecule has 2 rings (SSSR count). The molecule has 1 fully saturated rings. The zero-order valence-corrected chi connectivity index (χ0v) is 16.4. The van der Waals surface area contributed by atoms with Crippen molar-refractivity contribution in [1.29, 1.82) is 0 Å². The van der Waals surface area contributed by atoms with Gasteiger partial charge in [-0.25, -0.2) is 0 Å². The number of nitrogens with zero attached hydrogens (tertiary/aromatic N) is 2. The van der Waals surface area contributed by atoms with E-state index in [1.807, 2.05) is 18.2 Å². The average Bonchev–Trinajstić information content (AvgIpc) is 2.88. The van der Waals surface area contributed by atoms with Gasteiger partial charge in [0, 0.05) is 19.2 Å². The van der Waals surface area contributed by atoms with Crippen LogP contribution in [0.1, 0.15) is 57.1 Å². The molecule has 0 aliphatic carbocycles. The highest BCUT2D eigenvalue weighted by molar-refractivity contribution is 8.26. The number of pyridine rings is 1. The minimum Gasteiger partial charge on any atom is -0.481 e. The third-order valence-corrected chi connectivity index (χ3v) is 5.49. The molecule has 1 amide bonds. The van der Waals surface area contributed by atoms with Crippen molar-refractivity contribution < 1.29 is 14.7 Å². The molecule has 1 aliphatic heterocycles. The minimum absolute atomic E-state index is 0.0284. The smallest absolute Gasteiger partial charge is 0.303 e. The fourth-order valence-corrected chi connectivity index (χ4v) is 4.01. The monoisotopic (exact) mass is 392 g/mol. The Kier molecular flexibility index (Phi) is 8.77. The van der Waals surface area contributed by atoms with Gasteiger partial charge in [0.25, 0.3) is 5.91 Å². The van der Waals surface area contributed by atoms with Crippen LogP contribution in [0.15, 0.2) is 29.3 Å². The molecular weight excluding hydrogens is 368 g/mol. The predicted octanol–water partition coefficient (Wildman–Crippen LogP) is 4.49. The average molecular weight is 393 g/mol. The number of thiocarbonyl (C=S) groups is 1. The van der Waals surface area contributed by atoms with E-state index in [0.29, 0.717) is 15.8 Å². The van der Waals surface area contributed by atoms with E-state index >= 15 is 0 Å². The molecule has 0 saturated carbocycles. The van der Waals surface area contributed by atoms with Crippen LogP contribution in [0.5, 0.6) is 0 Å². The van der Waals surface area contributed by atoms with Crippen molar-refractivity contribution >= 4 is 46.3 Å². The van der Waals surface area contributed by atoms with E-state index in [1.54, 1.807) is 17.2 Å². The Hall–Kier alpha value is -1.73. The molecule has 0 atom stereocenters. The minimum atomic E-state index is -0.717. The van der Waals surface area contributed by atoms with Gasteiger partial charge in [-0.3, -0.25) is 19.5 Å². The number of carbonyl (C=O) groups is 2. The molecule has 1 aromatic rings. The summed E-state index contributed by atoms with van der Waals surface area (Å²) in [5.41, 5.74) is 0.760. The van der Waals surface area contributed by atoms with Gasteiger partial charge < -0.3 is 5.11 Å². The second kappa shape index (κ2) is 11.1. The van der Waals surface area contributed by atoms with E-state index < -0.39 is 5.97 Å². The predicted molar refractivity (Wildman–Crippen MR) is 109 cm³/mol. The summed E-state index contributed by atoms with van der Waals surface area (Å²) in [7, 11) is 0. The highest BCUT2D eigenvalue weighted by Crippen LogP contribution is 2.32. The molecule has 5 nitrogen and oxygen atoms in total. The Morgan fingerprint density at radius 1 is 1.15 bits per heavy atom. The summed E-state index contributed by atoms with van der Waals surface area (Å²) in [5, 5.41) is 8.58. The third-order valence-electron chi connectivity index (χ3n) is 4.11. The van der Waals surface area contributed by atoms with E-state index in [9.17, 15) is 9.59 Å². The fraction of sp³-hybridized carbons (Fsp3) is 0.474. The maximum atomic E-state index is 12.5. The normalized spacial score (nSPS) is 15.8. The molecule has 0 spiro atoms. The lowest BCUT2D eigenvalue weighted by Gasteiger charge is -2.14. The van der Waals surface area contributed by atoms with E-state index in [4.69, 9.17) is 17.3 Å². The Balaban J connectivity index is 1.65. The lowest BCUT2D eigenvalue weighted by atomic mass is 10.1. The van der Waals surface area contributed by atoms with Crippen LogP contribution in [0.25, 0.3) is 6.08 Å². The van der Waals surface area contributed by atoms with Crippen LogP contribution < -0.4 is 0 Å². The second-order valence-electron chi connectivity index (χ2n) is 6.21. The Morgan fingerprint density at radius 3 is 2.50 bits per heavy atom. The molecule has 26 heavy (non-hydrogen) atoms. The number of hydrogen-bond donors (Lipinski definition) is 1. The quantitative estimate of drug-likeness (QED) is 0.340. The summed E-state index contributed by atoms with van der Waals surface area (Å²) in [6.07, 6.45) is 10.7. The van der Waals surface area contributed by atoms with E-state index in [1.165, 1.54) is 11.8 Å². The topological polar surface area (TPSA) is 70.5 Å². The van der Waals surface area contributed by atoms with E-state index in [-0.39, 0.29) is 12.3 Å². The summed E-state index contributed by atoms with van der Waals surface area (Å²) < 4.78 is 0.617. The molecule has 0 aromatic carbocycles. The molecule has 1 N–H and O–H groups in total. The number of rotatable bonds is 11. The number of hydrogen-bond acceptors (Lipinski definition) is 5. The van der Waals surface area contributed by atoms with Crippen molar-refractivity contribution in [2.24, 2.45) is 0 Å². The van der Waals surface area contributed by atoms with Gasteiger partial charge in [-0.2, -0.15) is 0 Å². The standard InChI is InChI=1S/C19H24N2O3S2/c22-17(23)11-6-4-2-1-3-5-9-13-21-18(24)16(26-19(21)25)14-15-10-7-8-12-20-15/h7-8,10,12,14H,1-6,9,11,13H2,(H,22,23)/b16-14-. The largest absolute Gasteiger partial charge is 0.481 e. The molecule has 0 unspecified atom stereocenters. The van der Waals surface area contributed by atoms with Crippen molar-refractivity contribution in [2.45, 2.75) is 51.4 Å². The van der Waals surface area contributed by atoms with Gasteiger partial charge >= 0.3 is 5.97 Å². The number of aliphatic carboxylic acids is 1. The SMILES string of the molecule is O=C(O)CCCCCCCCCN1C(=O)/C(=C/c2ccccn2)SC1=S. The van der Waals surface area contributed by atoms with Gasteiger partial charge in [-0.1, -0.05) is 62.2 Å². The summed E-state index contributed by atoms with van der Waals surface area (Å²) in [4.78, 5) is 29.4. The Labute approximate surface area is 163 Å². The molecule has 1 aliphatic rings. The first-order valence-corrected chi connectivity index (χ1v) is 10.2. The molecular formula is C19H24N2O3S2. The van der Waals surface area contributed by atoms with Crippen LogP contribution in [0.4, 0.5) is 0 Å². The van der Waals surface area contributed by atoms with Gasteiger partial charge in [-0.15, -0.1) is 0 Å². The molecule has 1 saturated heterocycles. The number of amides is 1. The molecule has 1 aromatic heterocycles. The summed E-state index contributed by atoms with van der Waals surface area (Å²) in [6.45, 7) is 0.656. The molecule has 2 heterocycles. The first-order chi connectivity index (χ1) is 12.6. The number of carbonyl (C=O) groups excluding carboxylic acids is 1. The number of thioether (sulfide) groups is 1. The molecule has 140 valence electrons. The van der Waals surface area contributed by atoms with Gasteiger partial charge in [0.2, 0.25) is 0 Å². The van der Waals surface area contributed by atoms with Gasteiger partial charge in [0.15, 0.2) is 0 Å². The van der Waals surface area contributed by atoms with Gasteiger partial charge in [0.05, 0.1) is 10.6 Å². The number of unbranched alkanes of at least 4 members (excludes halogenated alkanes) is 6. The fourth-order valence-electron chi connectivity index (χ4n) is 2.72. The van der Waals surface area contributed by atoms with Crippen molar-refractivity contribution in [1.82, 2.24) is 9.88 Å². The van der Waals surface area contributed by atoms with E-state index in [2.05, 4.69) is 4.98 Å². The Morgan fingerprint density at radius 2 is 1.85 bits per heavy atom. The first-order valence-electron chi connectivity index (χ1n) is 8.96. The number of carboxylic acids is 1. The zero-order valence-electron chi connectivity index (χ0n) is 14.7. The summed E-state index contributed by atoms with van der Waals surface area (Å²) >= 11 is 6.68. The van der Waals surface area contributed by atoms with Gasteiger partial charge in [-0.05, 0) is 31.1 Å². The van der Waals surface area contributed by atoms with Crippen molar-refractivity contribution in [3.05, 3.63) is 35.0 Å². The second-order valence-corrected chi connectivity index (χ2v) is 7.88. The van der Waals surface area contributed by atoms with Crippen molar-refractivity contribution in [3.8, 4) is 0 Å². The lowest BCUT2D eigenvalue weighted by Crippen LogP contribution is -2.29. The highest BCUT2D eigenvalue weighted by Gasteiger charge is 2.31. The summed E-state index contributed by atoms with van der Waals surface area (Å²) in [6, 6.07) is 5.60. The maximum Gasteiger partial charge on any atom is 0.303 e. The highest BCUT2D eigenvalue weighted by atomic mass is 32.2. The third kappa shape index (κ3) is 6.88. The van der Waals surface area contributed by atoms with Crippen LogP contribution in [-0.4, -0.2) is 37.7 Å². The van der Waals surface area contributed by atoms with Crippen molar-refractivity contribution in [2.75, 3.05) is 6.54 Å². The van der Waals surface area contributed by atoms with Crippen LogP contribution in [0, 0.1) is 0 Å². The number of aromatic nitrogens is 1. The van der Waals surface area contributed by atoms with Gasteiger partial charge in [0.1, 0.15) is 4.32 Å². The first kappa shape index (κ1) is 20.6. The van der Waals surface area contributed by atoms with E-state index in [0.717, 1.165) is 50.6 Å². The molecule has 7 heteroatoms. The van der Waals surface area contributed by atoms with Crippen LogP contribution >= 0.6 is 24.0 Å². The Bertz CT molecular complexity index is 662. The summed E-state index contributed by atoms with van der Waals surface area (Å²) in [5.74, 6) is -0.745. The number of carboxylic acid groups (broad SMARTS) is 1. The lowest BCUT2D eigenvalue weighted by molar-refractivity contribution is -0.137. The maximum absolute atomic E-state index is 12.5. The molecule has 0 radical (unpaired) electrons. The van der Waals surface area contributed by atoms with Crippen molar-refractivity contribution in [3.63, 3.8) is 0 Å². The van der Waals surface area contributed by atoms with Crippen LogP contribution in [-0.2, 0) is 9.59 Å². The molecule has 0 bridgehead atoms. The van der Waals surface area contributed by atoms with Crippen LogP contribution in [0.3, 0.4) is 0 Å².